The molecule has 1 N–H and O–H groups in total. The number of nitrogens with zero attached hydrogens (tertiary/aromatic N) is 3. The maximum Gasteiger partial charge on any atom is 0.241 e. The first kappa shape index (κ1) is 17.0. The van der Waals surface area contributed by atoms with Crippen LogP contribution in [0.1, 0.15) is 11.6 Å². The minimum absolute atomic E-state index is 0.0565. The van der Waals surface area contributed by atoms with Crippen LogP contribution in [0.4, 0.5) is 0 Å². The molecule has 6 nitrogen and oxygen atoms in total. The van der Waals surface area contributed by atoms with Crippen LogP contribution in [0.5, 0.6) is 0 Å². The molecule has 0 aliphatic carbocycles. The van der Waals surface area contributed by atoms with Crippen LogP contribution in [0.3, 0.4) is 0 Å². The van der Waals surface area contributed by atoms with Gasteiger partial charge in [0.1, 0.15) is 6.54 Å². The van der Waals surface area contributed by atoms with Gasteiger partial charge in [0.15, 0.2) is 0 Å². The fraction of sp³-hybridized carbons (Fsp3) is 0.412. The molecule has 1 aromatic carbocycles. The molecule has 7 heteroatoms. The van der Waals surface area contributed by atoms with E-state index in [0.29, 0.717) is 24.8 Å². The van der Waals surface area contributed by atoms with Gasteiger partial charge in [-0.2, -0.15) is 5.10 Å². The molecule has 0 saturated carbocycles. The molecule has 128 valence electrons. The van der Waals surface area contributed by atoms with E-state index in [9.17, 15) is 4.79 Å². The first-order valence-electron chi connectivity index (χ1n) is 8.04. The summed E-state index contributed by atoms with van der Waals surface area (Å²) in [6.07, 6.45) is 3.44. The minimum Gasteiger partial charge on any atom is -0.379 e. The number of carbonyl (C=O) groups excluding carboxylic acids is 1. The van der Waals surface area contributed by atoms with E-state index in [1.807, 2.05) is 24.3 Å². The minimum atomic E-state index is -0.0565. The van der Waals surface area contributed by atoms with Crippen molar-refractivity contribution in [1.29, 1.82) is 0 Å². The molecule has 1 fully saturated rings. The number of rotatable bonds is 6. The van der Waals surface area contributed by atoms with Crippen LogP contribution in [-0.4, -0.2) is 53.4 Å². The summed E-state index contributed by atoms with van der Waals surface area (Å²) in [4.78, 5) is 14.5. The Labute approximate surface area is 146 Å². The van der Waals surface area contributed by atoms with Gasteiger partial charge in [-0.25, -0.2) is 0 Å². The fourth-order valence-corrected chi connectivity index (χ4v) is 3.07. The van der Waals surface area contributed by atoms with Gasteiger partial charge in [0, 0.05) is 37.1 Å². The lowest BCUT2D eigenvalue weighted by Crippen LogP contribution is -2.44. The molecule has 3 rings (SSSR count). The quantitative estimate of drug-likeness (QED) is 0.863. The van der Waals surface area contributed by atoms with Gasteiger partial charge < -0.3 is 10.1 Å². The highest BCUT2D eigenvalue weighted by Gasteiger charge is 2.23. The van der Waals surface area contributed by atoms with E-state index in [1.54, 1.807) is 23.1 Å². The molecule has 0 spiro atoms. The zero-order chi connectivity index (χ0) is 16.8. The third-order valence-corrected chi connectivity index (χ3v) is 4.31. The molecule has 1 aliphatic heterocycles. The summed E-state index contributed by atoms with van der Waals surface area (Å²) in [6.45, 7) is 3.84. The Kier molecular flexibility index (Phi) is 5.85. The molecule has 2 heterocycles. The van der Waals surface area contributed by atoms with Crippen LogP contribution in [0, 0.1) is 0 Å². The Morgan fingerprint density at radius 2 is 2.17 bits per heavy atom. The maximum atomic E-state index is 12.2. The fourth-order valence-electron chi connectivity index (χ4n) is 2.87. The van der Waals surface area contributed by atoms with Crippen molar-refractivity contribution in [3.05, 3.63) is 53.3 Å². The lowest BCUT2D eigenvalue weighted by Gasteiger charge is -2.35. The highest BCUT2D eigenvalue weighted by Crippen LogP contribution is 2.23. The van der Waals surface area contributed by atoms with E-state index in [-0.39, 0.29) is 18.5 Å². The second-order valence-corrected chi connectivity index (χ2v) is 6.16. The Balaban J connectivity index is 1.66. The van der Waals surface area contributed by atoms with Crippen molar-refractivity contribution < 1.29 is 9.53 Å². The number of carbonyl (C=O) groups is 1. The summed E-state index contributed by atoms with van der Waals surface area (Å²) in [6, 6.07) is 9.69. The van der Waals surface area contributed by atoms with Crippen molar-refractivity contribution in [3.8, 4) is 0 Å². The maximum absolute atomic E-state index is 12.2. The summed E-state index contributed by atoms with van der Waals surface area (Å²) < 4.78 is 7.05. The molecule has 2 aromatic rings. The number of morpholine rings is 1. The largest absolute Gasteiger partial charge is 0.379 e. The summed E-state index contributed by atoms with van der Waals surface area (Å²) in [5.74, 6) is -0.0565. The second-order valence-electron chi connectivity index (χ2n) is 5.73. The molecule has 1 amide bonds. The summed E-state index contributed by atoms with van der Waals surface area (Å²) >= 11 is 6.14. The SMILES string of the molecule is O=C(Cn1cccn1)NCC(c1cccc(Cl)c1)N1CCOCC1. The lowest BCUT2D eigenvalue weighted by molar-refractivity contribution is -0.122. The molecule has 1 unspecified atom stereocenters. The molecule has 1 saturated heterocycles. The number of ether oxygens (including phenoxy) is 1. The smallest absolute Gasteiger partial charge is 0.241 e. The summed E-state index contributed by atoms with van der Waals surface area (Å²) in [7, 11) is 0. The zero-order valence-electron chi connectivity index (χ0n) is 13.4. The molecule has 1 aromatic heterocycles. The summed E-state index contributed by atoms with van der Waals surface area (Å²) in [5, 5.41) is 7.77. The van der Waals surface area contributed by atoms with E-state index in [2.05, 4.69) is 15.3 Å². The Morgan fingerprint density at radius 3 is 2.88 bits per heavy atom. The van der Waals surface area contributed by atoms with Crippen molar-refractivity contribution in [2.75, 3.05) is 32.8 Å². The molecule has 0 radical (unpaired) electrons. The van der Waals surface area contributed by atoms with Crippen molar-refractivity contribution >= 4 is 17.5 Å². The monoisotopic (exact) mass is 348 g/mol. The zero-order valence-corrected chi connectivity index (χ0v) is 14.2. The van der Waals surface area contributed by atoms with Crippen LogP contribution in [0.25, 0.3) is 0 Å². The number of benzene rings is 1. The number of nitrogens with one attached hydrogen (secondary N) is 1. The van der Waals surface area contributed by atoms with E-state index >= 15 is 0 Å². The van der Waals surface area contributed by atoms with Crippen molar-refractivity contribution in [3.63, 3.8) is 0 Å². The molecule has 1 aliphatic rings. The van der Waals surface area contributed by atoms with Crippen LogP contribution >= 0.6 is 11.6 Å². The molecule has 1 atom stereocenters. The van der Waals surface area contributed by atoms with Crippen LogP contribution in [-0.2, 0) is 16.1 Å². The highest BCUT2D eigenvalue weighted by molar-refractivity contribution is 6.30. The van der Waals surface area contributed by atoms with Gasteiger partial charge in [-0.15, -0.1) is 0 Å². The number of hydrogen-bond acceptors (Lipinski definition) is 4. The third kappa shape index (κ3) is 4.56. The van der Waals surface area contributed by atoms with Gasteiger partial charge in [0.05, 0.1) is 19.3 Å². The first-order chi connectivity index (χ1) is 11.7. The molecule has 0 bridgehead atoms. The lowest BCUT2D eigenvalue weighted by atomic mass is 10.0. The standard InChI is InChI=1S/C17H21ClN4O2/c18-15-4-1-3-14(11-15)16(21-7-9-24-10-8-21)12-19-17(23)13-22-6-2-5-20-22/h1-6,11,16H,7-10,12-13H2,(H,19,23). The Morgan fingerprint density at radius 1 is 1.33 bits per heavy atom. The predicted octanol–water partition coefficient (Wildman–Crippen LogP) is 1.73. The average Bonchev–Trinajstić information content (AvgIpc) is 3.09. The number of halogens is 1. The van der Waals surface area contributed by atoms with Crippen molar-refractivity contribution in [1.82, 2.24) is 20.0 Å². The topological polar surface area (TPSA) is 59.4 Å². The van der Waals surface area contributed by atoms with Gasteiger partial charge in [-0.1, -0.05) is 23.7 Å². The van der Waals surface area contributed by atoms with Crippen LogP contribution in [0.15, 0.2) is 42.7 Å². The third-order valence-electron chi connectivity index (χ3n) is 4.08. The van der Waals surface area contributed by atoms with Gasteiger partial charge in [-0.05, 0) is 23.8 Å². The molecular weight excluding hydrogens is 328 g/mol. The van der Waals surface area contributed by atoms with Gasteiger partial charge in [-0.3, -0.25) is 14.4 Å². The summed E-state index contributed by atoms with van der Waals surface area (Å²) in [5.41, 5.74) is 1.10. The van der Waals surface area contributed by atoms with E-state index in [4.69, 9.17) is 16.3 Å². The van der Waals surface area contributed by atoms with Gasteiger partial charge in [0.2, 0.25) is 5.91 Å². The predicted molar refractivity (Wildman–Crippen MR) is 91.8 cm³/mol. The number of hydrogen-bond donors (Lipinski definition) is 1. The normalized spacial score (nSPS) is 16.7. The highest BCUT2D eigenvalue weighted by atomic mass is 35.5. The van der Waals surface area contributed by atoms with E-state index in [0.717, 1.165) is 18.7 Å². The van der Waals surface area contributed by atoms with E-state index in [1.165, 1.54) is 0 Å². The Hall–Kier alpha value is -1.89. The average molecular weight is 349 g/mol. The molecule has 24 heavy (non-hydrogen) atoms. The Bertz CT molecular complexity index is 656. The van der Waals surface area contributed by atoms with Crippen molar-refractivity contribution in [2.24, 2.45) is 0 Å². The number of aromatic nitrogens is 2. The van der Waals surface area contributed by atoms with Crippen molar-refractivity contribution in [2.45, 2.75) is 12.6 Å². The van der Waals surface area contributed by atoms with E-state index < -0.39 is 0 Å². The second kappa shape index (κ2) is 8.28. The van der Waals surface area contributed by atoms with Crippen LogP contribution in [0.2, 0.25) is 5.02 Å². The molecular formula is C17H21ClN4O2. The van der Waals surface area contributed by atoms with Gasteiger partial charge in [0.25, 0.3) is 0 Å². The first-order valence-corrected chi connectivity index (χ1v) is 8.41. The van der Waals surface area contributed by atoms with Crippen LogP contribution < -0.4 is 5.32 Å². The van der Waals surface area contributed by atoms with Gasteiger partial charge >= 0.3 is 0 Å². The number of amides is 1.